The molecule has 17 heteroatoms. The third kappa shape index (κ3) is 17.3. The molecule has 0 radical (unpaired) electrons. The Hall–Kier alpha value is -5.29. The van der Waals surface area contributed by atoms with E-state index in [1.54, 1.807) is 58.9 Å². The molecule has 4 N–H and O–H groups in total. The average molecular weight is 718 g/mol. The molecule has 0 saturated heterocycles. The number of amides is 4. The molecule has 0 spiro atoms. The number of alkyl carbamates (subject to hydrolysis) is 1. The van der Waals surface area contributed by atoms with Crippen molar-refractivity contribution in [2.45, 2.75) is 72.3 Å². The first kappa shape index (κ1) is 41.9. The van der Waals surface area contributed by atoms with Gasteiger partial charge in [0.2, 0.25) is 17.7 Å². The van der Waals surface area contributed by atoms with Gasteiger partial charge in [-0.3, -0.25) is 24.5 Å². The van der Waals surface area contributed by atoms with Crippen LogP contribution >= 0.6 is 0 Å². The Morgan fingerprint density at radius 1 is 0.824 bits per heavy atom. The molecule has 0 aliphatic rings. The number of nitrogens with zero attached hydrogens (tertiary/aromatic N) is 1. The molecule has 0 bridgehead atoms. The van der Waals surface area contributed by atoms with Crippen molar-refractivity contribution >= 4 is 41.3 Å². The molecule has 17 nitrogen and oxygen atoms in total. The summed E-state index contributed by atoms with van der Waals surface area (Å²) < 4.78 is 26.0. The molecule has 0 saturated carbocycles. The standard InChI is InChI=1S/C34H47N5O12/c1-22(2)29(38-28(40)15-17-47-19-20-48-18-16-35-32(43)51-34(4,5)6)31(42)36-23(3)30(41)37-25-9-7-24(8-10-25)21-49-33(44)50-27-13-11-26(12-14-27)39(45)46/h7-14,22-23,29H,15-21H2,1-6H3,(H,35,43)(H,36,42)(H,37,41)(H,38,40)/t23-,29-/m0/s1. The molecule has 4 amide bonds. The Bertz CT molecular complexity index is 1460. The fourth-order valence-corrected chi connectivity index (χ4v) is 4.01. The third-order valence-electron chi connectivity index (χ3n) is 6.60. The topological polar surface area (TPSA) is 223 Å². The van der Waals surface area contributed by atoms with Crippen molar-refractivity contribution in [2.75, 3.05) is 38.3 Å². The number of rotatable bonds is 19. The van der Waals surface area contributed by atoms with Crippen LogP contribution in [0.3, 0.4) is 0 Å². The third-order valence-corrected chi connectivity index (χ3v) is 6.60. The lowest BCUT2D eigenvalue weighted by atomic mass is 10.0. The molecule has 2 aromatic rings. The molecule has 2 rings (SSSR count). The van der Waals surface area contributed by atoms with Crippen molar-refractivity contribution in [3.63, 3.8) is 0 Å². The molecule has 0 aliphatic heterocycles. The molecule has 0 fully saturated rings. The van der Waals surface area contributed by atoms with E-state index in [1.165, 1.54) is 31.2 Å². The second-order valence-corrected chi connectivity index (χ2v) is 12.5. The Kier molecular flexibility index (Phi) is 17.3. The fraction of sp³-hybridized carbons (Fsp3) is 0.500. The minimum atomic E-state index is -1.00. The first-order valence-electron chi connectivity index (χ1n) is 16.2. The van der Waals surface area contributed by atoms with E-state index in [2.05, 4.69) is 21.3 Å². The van der Waals surface area contributed by atoms with Crippen LogP contribution in [0.1, 0.15) is 53.5 Å². The van der Waals surface area contributed by atoms with E-state index in [0.29, 0.717) is 11.3 Å². The van der Waals surface area contributed by atoms with Gasteiger partial charge >= 0.3 is 12.2 Å². The molecule has 2 aromatic carbocycles. The second-order valence-electron chi connectivity index (χ2n) is 12.5. The molecule has 2 atom stereocenters. The highest BCUT2D eigenvalue weighted by Crippen LogP contribution is 2.18. The Morgan fingerprint density at radius 2 is 1.45 bits per heavy atom. The number of nitro benzene ring substituents is 1. The monoisotopic (exact) mass is 717 g/mol. The lowest BCUT2D eigenvalue weighted by Crippen LogP contribution is -2.53. The van der Waals surface area contributed by atoms with Crippen molar-refractivity contribution < 1.29 is 52.6 Å². The van der Waals surface area contributed by atoms with E-state index in [-0.39, 0.29) is 63.4 Å². The molecule has 51 heavy (non-hydrogen) atoms. The number of hydrogen-bond acceptors (Lipinski definition) is 12. The van der Waals surface area contributed by atoms with Gasteiger partial charge in [-0.1, -0.05) is 26.0 Å². The van der Waals surface area contributed by atoms with E-state index < -0.39 is 52.6 Å². The van der Waals surface area contributed by atoms with Gasteiger partial charge in [-0.15, -0.1) is 0 Å². The molecule has 280 valence electrons. The van der Waals surface area contributed by atoms with Gasteiger partial charge in [-0.2, -0.15) is 0 Å². The molecule has 0 heterocycles. The number of benzene rings is 2. The number of nitrogens with one attached hydrogen (secondary N) is 4. The van der Waals surface area contributed by atoms with Crippen molar-refractivity contribution in [3.05, 3.63) is 64.2 Å². The quantitative estimate of drug-likeness (QED) is 0.0535. The number of nitro groups is 1. The predicted octanol–water partition coefficient (Wildman–Crippen LogP) is 3.84. The van der Waals surface area contributed by atoms with E-state index >= 15 is 0 Å². The maximum atomic E-state index is 13.0. The number of carbonyl (C=O) groups is 5. The number of non-ortho nitro benzene ring substituents is 1. The van der Waals surface area contributed by atoms with Gasteiger partial charge in [0.1, 0.15) is 30.0 Å². The number of carbonyl (C=O) groups excluding carboxylic acids is 5. The predicted molar refractivity (Wildman–Crippen MR) is 184 cm³/mol. The van der Waals surface area contributed by atoms with E-state index in [4.69, 9.17) is 23.7 Å². The van der Waals surface area contributed by atoms with Crippen LogP contribution in [0.15, 0.2) is 48.5 Å². The van der Waals surface area contributed by atoms with Crippen LogP contribution in [0, 0.1) is 16.0 Å². The average Bonchev–Trinajstić information content (AvgIpc) is 3.05. The van der Waals surface area contributed by atoms with Gasteiger partial charge in [0.05, 0.1) is 31.4 Å². The number of hydrogen-bond donors (Lipinski definition) is 4. The highest BCUT2D eigenvalue weighted by molar-refractivity contribution is 5.98. The SMILES string of the molecule is CC(C)[C@H](NC(=O)CCOCCOCCNC(=O)OC(C)(C)C)C(=O)N[C@@H](C)C(=O)Nc1ccc(COC(=O)Oc2ccc([N+](=O)[O-])cc2)cc1. The molecule has 0 aromatic heterocycles. The first-order chi connectivity index (χ1) is 24.0. The Balaban J connectivity index is 1.67. The summed E-state index contributed by atoms with van der Waals surface area (Å²) in [5.41, 5.74) is 0.287. The van der Waals surface area contributed by atoms with E-state index in [1.807, 2.05) is 0 Å². The molecule has 0 aliphatic carbocycles. The zero-order valence-electron chi connectivity index (χ0n) is 29.6. The van der Waals surface area contributed by atoms with Gasteiger partial charge in [0.25, 0.3) is 5.69 Å². The lowest BCUT2D eigenvalue weighted by molar-refractivity contribution is -0.384. The summed E-state index contributed by atoms with van der Waals surface area (Å²) >= 11 is 0. The van der Waals surface area contributed by atoms with Crippen LogP contribution in [0.5, 0.6) is 5.75 Å². The minimum absolute atomic E-state index is 0.00868. The van der Waals surface area contributed by atoms with E-state index in [0.717, 1.165) is 0 Å². The summed E-state index contributed by atoms with van der Waals surface area (Å²) in [5, 5.41) is 21.3. The number of anilines is 1. The lowest BCUT2D eigenvalue weighted by Gasteiger charge is -2.24. The van der Waals surface area contributed by atoms with Crippen molar-refractivity contribution in [2.24, 2.45) is 5.92 Å². The van der Waals surface area contributed by atoms with Gasteiger partial charge < -0.3 is 45.0 Å². The molecular weight excluding hydrogens is 670 g/mol. The van der Waals surface area contributed by atoms with Crippen LogP contribution in [-0.2, 0) is 39.9 Å². The van der Waals surface area contributed by atoms with Crippen molar-refractivity contribution in [1.29, 1.82) is 0 Å². The van der Waals surface area contributed by atoms with Gasteiger partial charge in [-0.05, 0) is 63.4 Å². The summed E-state index contributed by atoms with van der Waals surface area (Å²) in [6, 6.07) is 9.52. The van der Waals surface area contributed by atoms with Crippen LogP contribution in [0.2, 0.25) is 0 Å². The maximum Gasteiger partial charge on any atom is 0.514 e. The first-order valence-corrected chi connectivity index (χ1v) is 16.2. The van der Waals surface area contributed by atoms with Crippen LogP contribution in [0.25, 0.3) is 0 Å². The van der Waals surface area contributed by atoms with Crippen LogP contribution in [-0.4, -0.2) is 85.6 Å². The highest BCUT2D eigenvalue weighted by atomic mass is 16.7. The largest absolute Gasteiger partial charge is 0.514 e. The summed E-state index contributed by atoms with van der Waals surface area (Å²) in [7, 11) is 0. The van der Waals surface area contributed by atoms with Gasteiger partial charge in [0, 0.05) is 30.8 Å². The molecule has 0 unspecified atom stereocenters. The Labute approximate surface area is 296 Å². The zero-order valence-corrected chi connectivity index (χ0v) is 29.6. The summed E-state index contributed by atoms with van der Waals surface area (Å²) in [6.45, 7) is 11.4. The van der Waals surface area contributed by atoms with Gasteiger partial charge in [-0.25, -0.2) is 9.59 Å². The zero-order chi connectivity index (χ0) is 38.0. The minimum Gasteiger partial charge on any atom is -0.444 e. The summed E-state index contributed by atoms with van der Waals surface area (Å²) in [4.78, 5) is 71.9. The van der Waals surface area contributed by atoms with Crippen LogP contribution in [0.4, 0.5) is 21.0 Å². The van der Waals surface area contributed by atoms with Crippen molar-refractivity contribution in [1.82, 2.24) is 16.0 Å². The smallest absolute Gasteiger partial charge is 0.444 e. The summed E-state index contributed by atoms with van der Waals surface area (Å²) in [6.07, 6.45) is -1.52. The van der Waals surface area contributed by atoms with Gasteiger partial charge in [0.15, 0.2) is 0 Å². The van der Waals surface area contributed by atoms with Crippen molar-refractivity contribution in [3.8, 4) is 5.75 Å². The summed E-state index contributed by atoms with van der Waals surface area (Å²) in [5.74, 6) is -1.60. The molecular formula is C34H47N5O12. The fourth-order valence-electron chi connectivity index (χ4n) is 4.01. The highest BCUT2D eigenvalue weighted by Gasteiger charge is 2.27. The maximum absolute atomic E-state index is 13.0. The van der Waals surface area contributed by atoms with E-state index in [9.17, 15) is 34.1 Å². The second kappa shape index (κ2) is 21.0. The number of ether oxygens (including phenoxy) is 5. The Morgan fingerprint density at radius 3 is 2.04 bits per heavy atom. The normalized spacial score (nSPS) is 12.2. The van der Waals surface area contributed by atoms with Crippen LogP contribution < -0.4 is 26.0 Å².